The van der Waals surface area contributed by atoms with Gasteiger partial charge in [0.2, 0.25) is 0 Å². The van der Waals surface area contributed by atoms with E-state index in [1.54, 1.807) is 0 Å². The van der Waals surface area contributed by atoms with Crippen molar-refractivity contribution in [1.82, 2.24) is 0 Å². The minimum absolute atomic E-state index is 0.819. The first-order valence-corrected chi connectivity index (χ1v) is 8.54. The van der Waals surface area contributed by atoms with Gasteiger partial charge in [0, 0.05) is 6.08 Å². The van der Waals surface area contributed by atoms with E-state index in [4.69, 9.17) is 5.11 Å². The number of aliphatic carboxylic acids is 1. The molecule has 0 aromatic heterocycles. The molecule has 0 aromatic rings. The van der Waals surface area contributed by atoms with Crippen LogP contribution in [0.2, 0.25) is 0 Å². The lowest BCUT2D eigenvalue weighted by Crippen LogP contribution is -2.25. The second-order valence-corrected chi connectivity index (χ2v) is 7.12. The molecule has 0 aromatic carbocycles. The Morgan fingerprint density at radius 1 is 1.00 bits per heavy atom. The van der Waals surface area contributed by atoms with E-state index in [-0.39, 0.29) is 0 Å². The van der Waals surface area contributed by atoms with Gasteiger partial charge in [0.1, 0.15) is 0 Å². The number of carboxylic acids is 1. The SMILES string of the molecule is CC1CCC(C2CCC(CC/C=C/C(=O)O)CC2)CC1. The highest BCUT2D eigenvalue weighted by Gasteiger charge is 2.29. The van der Waals surface area contributed by atoms with E-state index in [9.17, 15) is 4.79 Å². The molecule has 0 aliphatic heterocycles. The maximum atomic E-state index is 10.4. The van der Waals surface area contributed by atoms with Crippen LogP contribution in [0.4, 0.5) is 0 Å². The topological polar surface area (TPSA) is 37.3 Å². The quantitative estimate of drug-likeness (QED) is 0.715. The highest BCUT2D eigenvalue weighted by molar-refractivity contribution is 5.79. The summed E-state index contributed by atoms with van der Waals surface area (Å²) < 4.78 is 0. The number of carbonyl (C=O) groups is 1. The molecule has 2 aliphatic carbocycles. The Morgan fingerprint density at radius 2 is 1.55 bits per heavy atom. The van der Waals surface area contributed by atoms with Gasteiger partial charge in [0.15, 0.2) is 0 Å². The third-order valence-electron chi connectivity index (χ3n) is 5.62. The first-order chi connectivity index (χ1) is 9.65. The molecule has 2 heteroatoms. The molecule has 2 fully saturated rings. The van der Waals surface area contributed by atoms with E-state index < -0.39 is 5.97 Å². The predicted octanol–water partition coefficient (Wildman–Crippen LogP) is 5.04. The number of allylic oxidation sites excluding steroid dienone is 1. The molecule has 0 amide bonds. The van der Waals surface area contributed by atoms with E-state index in [2.05, 4.69) is 6.92 Å². The highest BCUT2D eigenvalue weighted by atomic mass is 16.4. The molecule has 0 saturated heterocycles. The zero-order valence-electron chi connectivity index (χ0n) is 12.9. The number of carboxylic acid groups (broad SMARTS) is 1. The van der Waals surface area contributed by atoms with Crippen molar-refractivity contribution >= 4 is 5.97 Å². The largest absolute Gasteiger partial charge is 0.478 e. The van der Waals surface area contributed by atoms with E-state index in [1.807, 2.05) is 6.08 Å². The first-order valence-electron chi connectivity index (χ1n) is 8.54. The lowest BCUT2D eigenvalue weighted by Gasteiger charge is -2.37. The molecule has 1 N–H and O–H groups in total. The van der Waals surface area contributed by atoms with Crippen LogP contribution in [0.3, 0.4) is 0 Å². The van der Waals surface area contributed by atoms with Crippen LogP contribution in [0.15, 0.2) is 12.2 Å². The molecule has 0 unspecified atom stereocenters. The summed E-state index contributed by atoms with van der Waals surface area (Å²) in [4.78, 5) is 10.4. The van der Waals surface area contributed by atoms with E-state index in [0.717, 1.165) is 30.1 Å². The summed E-state index contributed by atoms with van der Waals surface area (Å²) in [5.41, 5.74) is 0. The van der Waals surface area contributed by atoms with Crippen molar-refractivity contribution < 1.29 is 9.90 Å². The van der Waals surface area contributed by atoms with Crippen molar-refractivity contribution in [3.05, 3.63) is 12.2 Å². The number of hydrogen-bond donors (Lipinski definition) is 1. The fraction of sp³-hybridized carbons (Fsp3) is 0.833. The van der Waals surface area contributed by atoms with Gasteiger partial charge in [0.05, 0.1) is 0 Å². The van der Waals surface area contributed by atoms with Crippen LogP contribution in [-0.4, -0.2) is 11.1 Å². The van der Waals surface area contributed by atoms with Gasteiger partial charge in [-0.25, -0.2) is 4.79 Å². The van der Waals surface area contributed by atoms with Crippen LogP contribution in [0.5, 0.6) is 0 Å². The Bertz CT molecular complexity index is 318. The van der Waals surface area contributed by atoms with Gasteiger partial charge in [-0.05, 0) is 62.2 Å². The van der Waals surface area contributed by atoms with Gasteiger partial charge >= 0.3 is 5.97 Å². The predicted molar refractivity (Wildman–Crippen MR) is 82.6 cm³/mol. The van der Waals surface area contributed by atoms with Gasteiger partial charge in [0.25, 0.3) is 0 Å². The van der Waals surface area contributed by atoms with Gasteiger partial charge in [-0.3, -0.25) is 0 Å². The molecule has 0 atom stereocenters. The van der Waals surface area contributed by atoms with Crippen molar-refractivity contribution in [3.63, 3.8) is 0 Å². The molecule has 0 bridgehead atoms. The fourth-order valence-electron chi connectivity index (χ4n) is 4.22. The summed E-state index contributed by atoms with van der Waals surface area (Å²) >= 11 is 0. The lowest BCUT2D eigenvalue weighted by atomic mass is 9.69. The number of hydrogen-bond acceptors (Lipinski definition) is 1. The average Bonchev–Trinajstić information content (AvgIpc) is 2.45. The molecule has 2 saturated carbocycles. The highest BCUT2D eigenvalue weighted by Crippen LogP contribution is 2.42. The van der Waals surface area contributed by atoms with Crippen molar-refractivity contribution in [2.75, 3.05) is 0 Å². The molecular formula is C18H30O2. The van der Waals surface area contributed by atoms with Gasteiger partial charge < -0.3 is 5.11 Å². The van der Waals surface area contributed by atoms with Crippen LogP contribution >= 0.6 is 0 Å². The molecule has 0 spiro atoms. The molecular weight excluding hydrogens is 248 g/mol. The molecule has 2 rings (SSSR count). The molecule has 2 aliphatic rings. The van der Waals surface area contributed by atoms with Crippen LogP contribution < -0.4 is 0 Å². The third-order valence-corrected chi connectivity index (χ3v) is 5.62. The molecule has 0 heterocycles. The maximum absolute atomic E-state index is 10.4. The Hall–Kier alpha value is -0.790. The summed E-state index contributed by atoms with van der Waals surface area (Å²) in [7, 11) is 0. The van der Waals surface area contributed by atoms with E-state index in [0.29, 0.717) is 0 Å². The van der Waals surface area contributed by atoms with E-state index >= 15 is 0 Å². The van der Waals surface area contributed by atoms with Crippen LogP contribution in [-0.2, 0) is 4.79 Å². The van der Waals surface area contributed by atoms with Crippen LogP contribution in [0.25, 0.3) is 0 Å². The molecule has 2 nitrogen and oxygen atoms in total. The maximum Gasteiger partial charge on any atom is 0.327 e. The van der Waals surface area contributed by atoms with Crippen molar-refractivity contribution in [2.45, 2.75) is 71.1 Å². The van der Waals surface area contributed by atoms with Crippen molar-refractivity contribution in [1.29, 1.82) is 0 Å². The van der Waals surface area contributed by atoms with E-state index in [1.165, 1.54) is 63.9 Å². The second-order valence-electron chi connectivity index (χ2n) is 7.12. The van der Waals surface area contributed by atoms with Crippen molar-refractivity contribution in [2.24, 2.45) is 23.7 Å². The smallest absolute Gasteiger partial charge is 0.327 e. The van der Waals surface area contributed by atoms with Gasteiger partial charge in [-0.1, -0.05) is 38.7 Å². The Balaban J connectivity index is 1.63. The molecule has 20 heavy (non-hydrogen) atoms. The Kier molecular flexibility index (Phi) is 6.12. The van der Waals surface area contributed by atoms with Crippen LogP contribution in [0, 0.1) is 23.7 Å². The lowest BCUT2D eigenvalue weighted by molar-refractivity contribution is -0.131. The average molecular weight is 278 g/mol. The zero-order valence-corrected chi connectivity index (χ0v) is 12.9. The summed E-state index contributed by atoms with van der Waals surface area (Å²) in [6, 6.07) is 0. The second kappa shape index (κ2) is 7.85. The monoisotopic (exact) mass is 278 g/mol. The van der Waals surface area contributed by atoms with Gasteiger partial charge in [-0.2, -0.15) is 0 Å². The molecule has 0 radical (unpaired) electrons. The third kappa shape index (κ3) is 4.96. The van der Waals surface area contributed by atoms with Crippen LogP contribution in [0.1, 0.15) is 71.1 Å². The minimum Gasteiger partial charge on any atom is -0.478 e. The standard InChI is InChI=1S/C18H30O2/c1-14-6-10-16(11-7-14)17-12-8-15(9-13-17)4-2-3-5-18(19)20/h3,5,14-17H,2,4,6-13H2,1H3,(H,19,20)/b5-3+. The fourth-order valence-corrected chi connectivity index (χ4v) is 4.22. The summed E-state index contributed by atoms with van der Waals surface area (Å²) in [5, 5.41) is 8.56. The summed E-state index contributed by atoms with van der Waals surface area (Å²) in [6.45, 7) is 2.40. The summed E-state index contributed by atoms with van der Waals surface area (Å²) in [5.74, 6) is 2.99. The van der Waals surface area contributed by atoms with Crippen molar-refractivity contribution in [3.8, 4) is 0 Å². The Morgan fingerprint density at radius 3 is 2.10 bits per heavy atom. The Labute approximate surface area is 123 Å². The molecule has 114 valence electrons. The van der Waals surface area contributed by atoms with Gasteiger partial charge in [-0.15, -0.1) is 0 Å². The normalized spacial score (nSPS) is 35.2. The number of rotatable bonds is 5. The first kappa shape index (κ1) is 15.6. The minimum atomic E-state index is -0.819. The summed E-state index contributed by atoms with van der Waals surface area (Å²) in [6.07, 6.45) is 16.6. The zero-order chi connectivity index (χ0) is 14.4.